The number of urea groups is 1. The summed E-state index contributed by atoms with van der Waals surface area (Å²) in [5.41, 5.74) is 2.73. The quantitative estimate of drug-likeness (QED) is 0.251. The molecule has 3 aromatic rings. The summed E-state index contributed by atoms with van der Waals surface area (Å²) in [6, 6.07) is 18.6. The molecule has 0 atom stereocenters. The zero-order valence-corrected chi connectivity index (χ0v) is 22.7. The highest BCUT2D eigenvalue weighted by Crippen LogP contribution is 2.35. The molecule has 0 aliphatic carbocycles. The van der Waals surface area contributed by atoms with E-state index >= 15 is 0 Å². The summed E-state index contributed by atoms with van der Waals surface area (Å²) in [5.74, 6) is -0.905. The molecule has 1 fully saturated rings. The molecule has 11 heteroatoms. The molecule has 0 radical (unpaired) electrons. The number of aryl methyl sites for hydroxylation is 1. The van der Waals surface area contributed by atoms with Crippen LogP contribution in [0.15, 0.2) is 76.9 Å². The number of rotatable bonds is 9. The van der Waals surface area contributed by atoms with Gasteiger partial charge in [0.15, 0.2) is 18.1 Å². The number of halogens is 1. The van der Waals surface area contributed by atoms with Gasteiger partial charge in [-0.3, -0.25) is 14.4 Å². The fourth-order valence-corrected chi connectivity index (χ4v) is 4.08. The SMILES string of the molecule is COc1cc(/C=C2/NC(=O)N(CC(=O)Nc3ccc(C)cc3)C2=O)c(Br)cc1OCC(=O)Nc1ccccc1. The minimum Gasteiger partial charge on any atom is -0.493 e. The van der Waals surface area contributed by atoms with Crippen molar-refractivity contribution in [3.05, 3.63) is 88.0 Å². The highest BCUT2D eigenvalue weighted by molar-refractivity contribution is 9.10. The largest absolute Gasteiger partial charge is 0.493 e. The first-order valence-electron chi connectivity index (χ1n) is 11.8. The summed E-state index contributed by atoms with van der Waals surface area (Å²) in [6.07, 6.45) is 1.45. The molecule has 4 rings (SSSR count). The van der Waals surface area contributed by atoms with Gasteiger partial charge in [-0.1, -0.05) is 51.8 Å². The second kappa shape index (κ2) is 12.3. The fraction of sp³-hybridized carbons (Fsp3) is 0.143. The Balaban J connectivity index is 1.42. The zero-order chi connectivity index (χ0) is 27.9. The van der Waals surface area contributed by atoms with Crippen LogP contribution in [-0.2, 0) is 14.4 Å². The lowest BCUT2D eigenvalue weighted by molar-refractivity contribution is -0.127. The first-order chi connectivity index (χ1) is 18.7. The van der Waals surface area contributed by atoms with Crippen LogP contribution in [0.1, 0.15) is 11.1 Å². The second-order valence-corrected chi connectivity index (χ2v) is 9.38. The maximum absolute atomic E-state index is 12.9. The number of amides is 5. The highest BCUT2D eigenvalue weighted by Gasteiger charge is 2.35. The van der Waals surface area contributed by atoms with Gasteiger partial charge in [-0.2, -0.15) is 0 Å². The number of hydrogen-bond donors (Lipinski definition) is 3. The maximum atomic E-state index is 12.9. The van der Waals surface area contributed by atoms with E-state index in [4.69, 9.17) is 9.47 Å². The van der Waals surface area contributed by atoms with Crippen LogP contribution in [0.25, 0.3) is 6.08 Å². The molecule has 1 aliphatic rings. The van der Waals surface area contributed by atoms with Gasteiger partial charge in [-0.05, 0) is 55.0 Å². The Kier molecular flexibility index (Phi) is 8.62. The maximum Gasteiger partial charge on any atom is 0.329 e. The number of methoxy groups -OCH3 is 1. The molecule has 0 spiro atoms. The predicted molar refractivity (Wildman–Crippen MR) is 149 cm³/mol. The van der Waals surface area contributed by atoms with E-state index in [1.165, 1.54) is 13.2 Å². The van der Waals surface area contributed by atoms with E-state index < -0.39 is 24.4 Å². The molecule has 39 heavy (non-hydrogen) atoms. The number of nitrogens with zero attached hydrogens (tertiary/aromatic N) is 1. The Labute approximate surface area is 233 Å². The van der Waals surface area contributed by atoms with Crippen molar-refractivity contribution in [3.8, 4) is 11.5 Å². The van der Waals surface area contributed by atoms with Crippen molar-refractivity contribution in [3.63, 3.8) is 0 Å². The minimum atomic E-state index is -0.710. The molecule has 200 valence electrons. The average molecular weight is 593 g/mol. The van der Waals surface area contributed by atoms with Crippen molar-refractivity contribution >= 4 is 57.1 Å². The molecule has 0 unspecified atom stereocenters. The summed E-state index contributed by atoms with van der Waals surface area (Å²) >= 11 is 3.43. The van der Waals surface area contributed by atoms with Gasteiger partial charge in [0.05, 0.1) is 7.11 Å². The molecule has 10 nitrogen and oxygen atoms in total. The molecule has 1 heterocycles. The van der Waals surface area contributed by atoms with Gasteiger partial charge in [-0.15, -0.1) is 0 Å². The van der Waals surface area contributed by atoms with Gasteiger partial charge in [0, 0.05) is 15.8 Å². The van der Waals surface area contributed by atoms with E-state index in [-0.39, 0.29) is 18.2 Å². The van der Waals surface area contributed by atoms with Crippen LogP contribution in [0.4, 0.5) is 16.2 Å². The topological polar surface area (TPSA) is 126 Å². The van der Waals surface area contributed by atoms with E-state index in [9.17, 15) is 19.2 Å². The summed E-state index contributed by atoms with van der Waals surface area (Å²) in [6.45, 7) is 1.22. The fourth-order valence-electron chi connectivity index (χ4n) is 3.65. The van der Waals surface area contributed by atoms with Gasteiger partial charge in [-0.25, -0.2) is 9.69 Å². The molecule has 3 N–H and O–H groups in total. The van der Waals surface area contributed by atoms with Crippen molar-refractivity contribution in [2.24, 2.45) is 0 Å². The molecule has 1 saturated heterocycles. The Hall–Kier alpha value is -4.64. The third-order valence-electron chi connectivity index (χ3n) is 5.60. The Bertz CT molecular complexity index is 1440. The molecule has 0 bridgehead atoms. The highest BCUT2D eigenvalue weighted by atomic mass is 79.9. The van der Waals surface area contributed by atoms with Crippen molar-refractivity contribution in [1.82, 2.24) is 10.2 Å². The third-order valence-corrected chi connectivity index (χ3v) is 6.29. The molecular formula is C28H25BrN4O6. The van der Waals surface area contributed by atoms with Crippen LogP contribution in [-0.4, -0.2) is 48.9 Å². The number of imide groups is 1. The number of benzene rings is 3. The van der Waals surface area contributed by atoms with Gasteiger partial charge in [0.25, 0.3) is 11.8 Å². The number of carbonyl (C=O) groups is 4. The summed E-state index contributed by atoms with van der Waals surface area (Å²) in [4.78, 5) is 50.8. The van der Waals surface area contributed by atoms with Crippen LogP contribution < -0.4 is 25.4 Å². The average Bonchev–Trinajstić information content (AvgIpc) is 3.17. The number of hydrogen-bond acceptors (Lipinski definition) is 6. The van der Waals surface area contributed by atoms with E-state index in [0.717, 1.165) is 10.5 Å². The number of anilines is 2. The lowest BCUT2D eigenvalue weighted by Gasteiger charge is -2.13. The van der Waals surface area contributed by atoms with Crippen molar-refractivity contribution in [2.75, 3.05) is 30.9 Å². The monoisotopic (exact) mass is 592 g/mol. The smallest absolute Gasteiger partial charge is 0.329 e. The number of para-hydroxylation sites is 1. The first kappa shape index (κ1) is 27.4. The lowest BCUT2D eigenvalue weighted by atomic mass is 10.1. The molecule has 1 aliphatic heterocycles. The van der Waals surface area contributed by atoms with Crippen molar-refractivity contribution in [1.29, 1.82) is 0 Å². The van der Waals surface area contributed by atoms with Gasteiger partial charge in [0.2, 0.25) is 5.91 Å². The summed E-state index contributed by atoms with van der Waals surface area (Å²) in [7, 11) is 1.44. The summed E-state index contributed by atoms with van der Waals surface area (Å²) < 4.78 is 11.6. The standard InChI is InChI=1S/C28H25BrN4O6/c1-17-8-10-20(11-9-17)30-25(34)15-33-27(36)22(32-28(33)37)12-18-13-23(38-2)24(14-21(18)29)39-16-26(35)31-19-6-4-3-5-7-19/h3-14H,15-16H2,1-2H3,(H,30,34)(H,31,35)(H,32,37)/b22-12+. The third kappa shape index (κ3) is 7.02. The molecule has 3 aromatic carbocycles. The van der Waals surface area contributed by atoms with E-state index in [1.807, 2.05) is 25.1 Å². The van der Waals surface area contributed by atoms with E-state index in [0.29, 0.717) is 32.9 Å². The van der Waals surface area contributed by atoms with E-state index in [1.54, 1.807) is 48.5 Å². The van der Waals surface area contributed by atoms with Crippen LogP contribution in [0.3, 0.4) is 0 Å². The van der Waals surface area contributed by atoms with Gasteiger partial charge >= 0.3 is 6.03 Å². The normalized spacial score (nSPS) is 13.7. The lowest BCUT2D eigenvalue weighted by Crippen LogP contribution is -2.38. The van der Waals surface area contributed by atoms with Crippen molar-refractivity contribution in [2.45, 2.75) is 6.92 Å². The molecule has 5 amide bonds. The van der Waals surface area contributed by atoms with E-state index in [2.05, 4.69) is 31.9 Å². The predicted octanol–water partition coefficient (Wildman–Crippen LogP) is 4.32. The Morgan fingerprint density at radius 2 is 1.62 bits per heavy atom. The van der Waals surface area contributed by atoms with Crippen LogP contribution in [0.2, 0.25) is 0 Å². The number of nitrogens with one attached hydrogen (secondary N) is 3. The zero-order valence-electron chi connectivity index (χ0n) is 21.1. The molecular weight excluding hydrogens is 568 g/mol. The van der Waals surface area contributed by atoms with Crippen molar-refractivity contribution < 1.29 is 28.7 Å². The second-order valence-electron chi connectivity index (χ2n) is 8.52. The Morgan fingerprint density at radius 1 is 0.949 bits per heavy atom. The van der Waals surface area contributed by atoms with Crippen LogP contribution in [0, 0.1) is 6.92 Å². The van der Waals surface area contributed by atoms with Gasteiger partial charge in [0.1, 0.15) is 12.2 Å². The summed E-state index contributed by atoms with van der Waals surface area (Å²) in [5, 5.41) is 7.89. The number of carbonyl (C=O) groups excluding carboxylic acids is 4. The van der Waals surface area contributed by atoms with Crippen LogP contribution >= 0.6 is 15.9 Å². The molecule has 0 saturated carbocycles. The Morgan fingerprint density at radius 3 is 2.31 bits per heavy atom. The molecule has 0 aromatic heterocycles. The number of ether oxygens (including phenoxy) is 2. The minimum absolute atomic E-state index is 0.0122. The first-order valence-corrected chi connectivity index (χ1v) is 12.6. The van der Waals surface area contributed by atoms with Crippen LogP contribution in [0.5, 0.6) is 11.5 Å². The van der Waals surface area contributed by atoms with Gasteiger partial charge < -0.3 is 25.4 Å².